The third kappa shape index (κ3) is 32.7. The van der Waals surface area contributed by atoms with Crippen molar-refractivity contribution in [1.82, 2.24) is 0 Å². The van der Waals surface area contributed by atoms with Crippen LogP contribution >= 0.6 is 0 Å². The van der Waals surface area contributed by atoms with Crippen LogP contribution in [0, 0.1) is 11.4 Å². The minimum atomic E-state index is -0.992. The molecule has 0 aliphatic heterocycles. The van der Waals surface area contributed by atoms with E-state index in [1.807, 2.05) is 0 Å². The first-order chi connectivity index (χ1) is 5.12. The minimum Gasteiger partial charge on any atom is -0.505 e. The van der Waals surface area contributed by atoms with Crippen molar-refractivity contribution in [2.45, 2.75) is 39.3 Å². The molecule has 0 aliphatic rings. The van der Waals surface area contributed by atoms with E-state index in [0.29, 0.717) is 0 Å². The van der Waals surface area contributed by atoms with E-state index in [2.05, 4.69) is 63.8 Å². The molecule has 3 heteroatoms. The summed E-state index contributed by atoms with van der Waals surface area (Å²) in [6.45, 7) is 20.4. The van der Waals surface area contributed by atoms with E-state index in [-0.39, 0.29) is 17.1 Å². The number of rotatable bonds is 2. The molecule has 0 aromatic carbocycles. The summed E-state index contributed by atoms with van der Waals surface area (Å²) in [5.41, 5.74) is 5.99. The Morgan fingerprint density at radius 3 is 0.769 bits per heavy atom. The molecule has 0 nitrogen and oxygen atoms in total. The zero-order valence-corrected chi connectivity index (χ0v) is 12.7. The predicted octanol–water partition coefficient (Wildman–Crippen LogP) is 3.70. The molecular formula is C10H22CuSi2. The fourth-order valence-corrected chi connectivity index (χ4v) is 0. The van der Waals surface area contributed by atoms with E-state index in [1.54, 1.807) is 0 Å². The molecule has 0 atom stereocenters. The summed E-state index contributed by atoms with van der Waals surface area (Å²) in [5, 5.41) is 0. The number of hydrogen-bond acceptors (Lipinski definition) is 0. The normalized spacial score (nSPS) is 10.3. The van der Waals surface area contributed by atoms with Crippen molar-refractivity contribution in [2.24, 2.45) is 0 Å². The molecule has 0 saturated heterocycles. The maximum absolute atomic E-state index is 3.57. The number of hydrogen-bond donors (Lipinski definition) is 0. The van der Waals surface area contributed by atoms with Gasteiger partial charge in [-0.05, 0) is 0 Å². The fraction of sp³-hybridized carbons (Fsp3) is 0.600. The SMILES string of the molecule is C=[C-][Si](C)(C)C.C=[C-][Si](C)(C)C.[Cu+2]. The summed E-state index contributed by atoms with van der Waals surface area (Å²) in [6, 6.07) is 0. The molecule has 0 heterocycles. The Labute approximate surface area is 97.0 Å². The van der Waals surface area contributed by atoms with Crippen LogP contribution in [-0.2, 0) is 17.1 Å². The van der Waals surface area contributed by atoms with Gasteiger partial charge in [-0.25, -0.2) is 0 Å². The smallest absolute Gasteiger partial charge is 0.505 e. The van der Waals surface area contributed by atoms with Crippen molar-refractivity contribution < 1.29 is 17.1 Å². The molecule has 0 rings (SSSR count). The second-order valence-corrected chi connectivity index (χ2v) is 14.6. The Bertz CT molecular complexity index is 122. The molecule has 0 spiro atoms. The van der Waals surface area contributed by atoms with Crippen LogP contribution in [0.3, 0.4) is 0 Å². The first kappa shape index (κ1) is 19.1. The van der Waals surface area contributed by atoms with Crippen LogP contribution in [0.1, 0.15) is 0 Å². The van der Waals surface area contributed by atoms with Crippen LogP contribution in [-0.4, -0.2) is 16.1 Å². The summed E-state index contributed by atoms with van der Waals surface area (Å²) in [5.74, 6) is 0. The van der Waals surface area contributed by atoms with Gasteiger partial charge in [0, 0.05) is 0 Å². The van der Waals surface area contributed by atoms with Gasteiger partial charge in [0.25, 0.3) is 0 Å². The molecule has 1 radical (unpaired) electrons. The summed E-state index contributed by atoms with van der Waals surface area (Å²) in [7, 11) is -1.98. The van der Waals surface area contributed by atoms with Gasteiger partial charge < -0.3 is 11.4 Å². The van der Waals surface area contributed by atoms with Crippen molar-refractivity contribution in [1.29, 1.82) is 0 Å². The average Bonchev–Trinajstić information content (AvgIpc) is 1.86. The van der Waals surface area contributed by atoms with E-state index < -0.39 is 16.1 Å². The second kappa shape index (κ2) is 7.80. The summed E-state index contributed by atoms with van der Waals surface area (Å²) in [4.78, 5) is 0. The average molecular weight is 262 g/mol. The second-order valence-electron chi connectivity index (χ2n) is 4.85. The van der Waals surface area contributed by atoms with Crippen LogP contribution in [0.4, 0.5) is 0 Å². The van der Waals surface area contributed by atoms with Crippen LogP contribution in [0.25, 0.3) is 0 Å². The summed E-state index contributed by atoms with van der Waals surface area (Å²) >= 11 is 0. The van der Waals surface area contributed by atoms with E-state index >= 15 is 0 Å². The van der Waals surface area contributed by atoms with E-state index in [1.165, 1.54) is 0 Å². The third-order valence-electron chi connectivity index (χ3n) is 1.06. The molecule has 0 aromatic heterocycles. The van der Waals surface area contributed by atoms with Gasteiger partial charge in [0.2, 0.25) is 0 Å². The molecule has 13 heavy (non-hydrogen) atoms. The first-order valence-electron chi connectivity index (χ1n) is 4.21. The minimum absolute atomic E-state index is 0. The Morgan fingerprint density at radius 1 is 0.692 bits per heavy atom. The van der Waals surface area contributed by atoms with Crippen molar-refractivity contribution >= 4 is 16.1 Å². The standard InChI is InChI=1S/2C5H11Si.Cu/c2*1-5-6(2,3)4;/h2*1H2,2-4H3;/q2*-1;+2. The van der Waals surface area contributed by atoms with Crippen molar-refractivity contribution in [3.63, 3.8) is 0 Å². The van der Waals surface area contributed by atoms with Crippen LogP contribution in [0.2, 0.25) is 39.3 Å². The summed E-state index contributed by atoms with van der Waals surface area (Å²) in [6.07, 6.45) is 0. The fourth-order valence-electron chi connectivity index (χ4n) is 0. The molecule has 0 N–H and O–H groups in total. The Hall–Kier alpha value is 0.433. The van der Waals surface area contributed by atoms with Gasteiger partial charge in [0.05, 0.1) is 0 Å². The van der Waals surface area contributed by atoms with Gasteiger partial charge in [-0.1, -0.05) is 39.3 Å². The quantitative estimate of drug-likeness (QED) is 0.525. The topological polar surface area (TPSA) is 0 Å². The Kier molecular flexibility index (Phi) is 11.4. The van der Waals surface area contributed by atoms with Crippen LogP contribution in [0.5, 0.6) is 0 Å². The molecule has 0 bridgehead atoms. The largest absolute Gasteiger partial charge is 2.00 e. The third-order valence-corrected chi connectivity index (χ3v) is 3.18. The van der Waals surface area contributed by atoms with Gasteiger partial charge in [-0.2, -0.15) is 0 Å². The first-order valence-corrected chi connectivity index (χ1v) is 11.2. The maximum atomic E-state index is 3.57. The van der Waals surface area contributed by atoms with Gasteiger partial charge in [-0.3, -0.25) is 13.2 Å². The molecule has 0 aliphatic carbocycles. The van der Waals surface area contributed by atoms with Gasteiger partial charge in [0.1, 0.15) is 0 Å². The van der Waals surface area contributed by atoms with E-state index in [9.17, 15) is 0 Å². The van der Waals surface area contributed by atoms with E-state index in [0.717, 1.165) is 0 Å². The molecule has 81 valence electrons. The summed E-state index contributed by atoms with van der Waals surface area (Å²) < 4.78 is 0. The van der Waals surface area contributed by atoms with Gasteiger partial charge in [0.15, 0.2) is 0 Å². The van der Waals surface area contributed by atoms with Crippen molar-refractivity contribution in [3.8, 4) is 0 Å². The van der Waals surface area contributed by atoms with E-state index in [4.69, 9.17) is 0 Å². The molecule has 0 fully saturated rings. The molecule has 0 amide bonds. The molecule has 0 aromatic rings. The van der Waals surface area contributed by atoms with Gasteiger partial charge >= 0.3 is 17.1 Å². The molecular weight excluding hydrogens is 240 g/mol. The predicted molar refractivity (Wildman–Crippen MR) is 64.4 cm³/mol. The molecule has 0 saturated carbocycles. The van der Waals surface area contributed by atoms with Crippen LogP contribution in [0.15, 0.2) is 13.2 Å². The maximum Gasteiger partial charge on any atom is 2.00 e. The molecule has 0 unspecified atom stereocenters. The monoisotopic (exact) mass is 261 g/mol. The Morgan fingerprint density at radius 2 is 0.769 bits per heavy atom. The van der Waals surface area contributed by atoms with Gasteiger partial charge in [-0.15, -0.1) is 16.1 Å². The van der Waals surface area contributed by atoms with Crippen molar-refractivity contribution in [2.75, 3.05) is 0 Å². The zero-order valence-electron chi connectivity index (χ0n) is 9.72. The van der Waals surface area contributed by atoms with Crippen LogP contribution < -0.4 is 0 Å². The van der Waals surface area contributed by atoms with Crippen molar-refractivity contribution in [3.05, 3.63) is 24.6 Å². The zero-order chi connectivity index (χ0) is 10.4. The Balaban J connectivity index is -0.000000143.